The summed E-state index contributed by atoms with van der Waals surface area (Å²) in [6.07, 6.45) is 6.48. The summed E-state index contributed by atoms with van der Waals surface area (Å²) in [7, 11) is 3.24. The molecule has 3 saturated heterocycles. The number of carbonyl (C=O) groups excluding carboxylic acids is 5. The van der Waals surface area contributed by atoms with Crippen LogP contribution >= 0.6 is 11.6 Å². The van der Waals surface area contributed by atoms with Gasteiger partial charge in [0, 0.05) is 88.3 Å². The number of likely N-dealkylation sites (N-methyl/N-ethyl adjacent to an activating group) is 1. The number of nitrogens with zero attached hydrogens (tertiary/aromatic N) is 9. The zero-order valence-corrected chi connectivity index (χ0v) is 36.5. The number of hydrogen-bond donors (Lipinski definition) is 2. The molecule has 3 fully saturated rings. The highest BCUT2D eigenvalue weighted by Crippen LogP contribution is 2.32. The Bertz CT molecular complexity index is 2520. The van der Waals surface area contributed by atoms with Crippen LogP contribution in [0, 0.1) is 23.2 Å². The number of benzene rings is 2. The van der Waals surface area contributed by atoms with Crippen LogP contribution in [0.4, 0.5) is 27.4 Å². The number of halogens is 2. The summed E-state index contributed by atoms with van der Waals surface area (Å²) in [6, 6.07) is 14.8. The van der Waals surface area contributed by atoms with Crippen molar-refractivity contribution in [3.63, 3.8) is 0 Å². The Morgan fingerprint density at radius 1 is 0.906 bits per heavy atom. The minimum atomic E-state index is -0.862. The van der Waals surface area contributed by atoms with Crippen molar-refractivity contribution in [1.29, 1.82) is 5.26 Å². The van der Waals surface area contributed by atoms with Crippen LogP contribution in [0.2, 0.25) is 5.02 Å². The van der Waals surface area contributed by atoms with E-state index < -0.39 is 29.7 Å². The van der Waals surface area contributed by atoms with Crippen molar-refractivity contribution in [3.05, 3.63) is 99.3 Å². The highest BCUT2D eigenvalue weighted by molar-refractivity contribution is 6.32. The third-order valence-electron chi connectivity index (χ3n) is 13.1. The van der Waals surface area contributed by atoms with Crippen LogP contribution in [0.15, 0.2) is 54.9 Å². The molecule has 4 amide bonds. The average molecular weight is 890 g/mol. The van der Waals surface area contributed by atoms with Crippen molar-refractivity contribution in [1.82, 2.24) is 35.0 Å². The van der Waals surface area contributed by atoms with Crippen LogP contribution < -0.4 is 20.4 Å². The second-order valence-electron chi connectivity index (χ2n) is 16.9. The number of piperidine rings is 3. The van der Waals surface area contributed by atoms with E-state index in [1.54, 1.807) is 42.3 Å². The fraction of sp³-hybridized carbons (Fsp3) is 0.413. The smallest absolute Gasteiger partial charge is 0.258 e. The van der Waals surface area contributed by atoms with E-state index in [-0.39, 0.29) is 47.3 Å². The molecule has 18 heteroatoms. The predicted octanol–water partition coefficient (Wildman–Crippen LogP) is 4.98. The Hall–Kier alpha value is -6.51. The molecule has 2 aromatic carbocycles. The number of nitrogens with one attached hydrogen (secondary N) is 2. The maximum Gasteiger partial charge on any atom is 0.258 e. The number of rotatable bonds is 11. The number of fused-ring (bicyclic) bond motifs is 1. The lowest BCUT2D eigenvalue weighted by Gasteiger charge is -2.40. The van der Waals surface area contributed by atoms with Crippen LogP contribution in [0.3, 0.4) is 0 Å². The number of imide groups is 1. The first-order chi connectivity index (χ1) is 30.9. The molecule has 2 N–H and O–H groups in total. The predicted molar refractivity (Wildman–Crippen MR) is 237 cm³/mol. The minimum absolute atomic E-state index is 0.0458. The van der Waals surface area contributed by atoms with E-state index in [1.807, 2.05) is 12.1 Å². The summed E-state index contributed by atoms with van der Waals surface area (Å²) in [5, 5.41) is 15.0. The Labute approximate surface area is 375 Å². The molecule has 4 aliphatic heterocycles. The van der Waals surface area contributed by atoms with Crippen molar-refractivity contribution >= 4 is 64.5 Å². The molecule has 0 radical (unpaired) electrons. The first-order valence-corrected chi connectivity index (χ1v) is 21.9. The molecular weight excluding hydrogens is 841 g/mol. The quantitative estimate of drug-likeness (QED) is 0.117. The zero-order chi connectivity index (χ0) is 45.1. The molecule has 4 aliphatic rings. The van der Waals surface area contributed by atoms with E-state index in [1.165, 1.54) is 24.3 Å². The summed E-state index contributed by atoms with van der Waals surface area (Å²) in [4.78, 5) is 85.8. The molecule has 1 unspecified atom stereocenters. The van der Waals surface area contributed by atoms with Crippen molar-refractivity contribution in [3.8, 4) is 6.07 Å². The molecule has 0 bridgehead atoms. The average Bonchev–Trinajstić information content (AvgIpc) is 3.31. The highest BCUT2D eigenvalue weighted by atomic mass is 35.5. The summed E-state index contributed by atoms with van der Waals surface area (Å²) in [6.45, 7) is 5.26. The molecule has 0 aliphatic carbocycles. The first-order valence-electron chi connectivity index (χ1n) is 21.6. The van der Waals surface area contributed by atoms with E-state index in [0.29, 0.717) is 48.1 Å². The number of aromatic nitrogens is 3. The third-order valence-corrected chi connectivity index (χ3v) is 13.4. The molecular formula is C46H49ClFN11O5. The third kappa shape index (κ3) is 9.39. The standard InChI is InChI=1S/C46H49ClFN11O5/c1-55(45(63)35-7-9-40(52-42(35)48)53-43-34-15-20-59(25-38(34)50-27-51-43)33-5-3-29(23-49)37(47)22-33)31-13-16-57(17-14-31)24-28-11-18-58(19-12-28)32-6-4-30(26-60)36(21-32)46(64)56(2)39-8-10-41(61)54-44(39)62/h3-7,9,21-22,26-28,31,39H,8,10-20,24-25H2,1-2H3,(H,54,61,62)(H,50,51,52,53). The van der Waals surface area contributed by atoms with Gasteiger partial charge in [-0.2, -0.15) is 9.65 Å². The molecule has 1 atom stereocenters. The summed E-state index contributed by atoms with van der Waals surface area (Å²) in [5.74, 6) is -1.40. The number of amides is 4. The number of nitriles is 1. The van der Waals surface area contributed by atoms with E-state index in [4.69, 9.17) is 11.6 Å². The van der Waals surface area contributed by atoms with Crippen LogP contribution in [0.25, 0.3) is 0 Å². The van der Waals surface area contributed by atoms with Crippen LogP contribution in [0.5, 0.6) is 0 Å². The fourth-order valence-corrected chi connectivity index (χ4v) is 9.47. The lowest BCUT2D eigenvalue weighted by molar-refractivity contribution is -0.136. The van der Waals surface area contributed by atoms with Crippen molar-refractivity contribution in [2.75, 3.05) is 68.5 Å². The molecule has 2 aromatic heterocycles. The number of carbonyl (C=O) groups is 5. The lowest BCUT2D eigenvalue weighted by atomic mass is 9.93. The molecule has 332 valence electrons. The number of hydrogen-bond acceptors (Lipinski definition) is 13. The van der Waals surface area contributed by atoms with Gasteiger partial charge in [-0.05, 0) is 93.0 Å². The van der Waals surface area contributed by atoms with Gasteiger partial charge in [0.2, 0.25) is 17.8 Å². The second-order valence-corrected chi connectivity index (χ2v) is 17.3. The Morgan fingerprint density at radius 3 is 2.34 bits per heavy atom. The minimum Gasteiger partial charge on any atom is -0.371 e. The van der Waals surface area contributed by atoms with Gasteiger partial charge in [0.05, 0.1) is 34.0 Å². The van der Waals surface area contributed by atoms with Crippen LogP contribution in [0.1, 0.15) is 86.4 Å². The Morgan fingerprint density at radius 2 is 1.64 bits per heavy atom. The molecule has 0 saturated carbocycles. The summed E-state index contributed by atoms with van der Waals surface area (Å²) >= 11 is 6.28. The van der Waals surface area contributed by atoms with Crippen molar-refractivity contribution < 1.29 is 28.4 Å². The van der Waals surface area contributed by atoms with Gasteiger partial charge < -0.3 is 29.8 Å². The maximum absolute atomic E-state index is 15.5. The van der Waals surface area contributed by atoms with Crippen molar-refractivity contribution in [2.24, 2.45) is 5.92 Å². The second kappa shape index (κ2) is 19.1. The number of anilines is 4. The molecule has 8 rings (SSSR count). The highest BCUT2D eigenvalue weighted by Gasteiger charge is 2.34. The Kier molecular flexibility index (Phi) is 13.1. The van der Waals surface area contributed by atoms with Gasteiger partial charge in [-0.3, -0.25) is 29.3 Å². The van der Waals surface area contributed by atoms with Crippen molar-refractivity contribution in [2.45, 2.75) is 63.6 Å². The molecule has 0 spiro atoms. The van der Waals surface area contributed by atoms with E-state index in [2.05, 4.69) is 46.4 Å². The summed E-state index contributed by atoms with van der Waals surface area (Å²) < 4.78 is 15.5. The van der Waals surface area contributed by atoms with E-state index in [9.17, 15) is 29.2 Å². The maximum atomic E-state index is 15.5. The normalized spacial score (nSPS) is 18.5. The van der Waals surface area contributed by atoms with Gasteiger partial charge in [0.15, 0.2) is 6.29 Å². The SMILES string of the molecule is CN(C(=O)c1ccc(Nc2ncnc3c2CCN(c2ccc(C#N)c(Cl)c2)C3)nc1F)C1CCN(CC2CCN(c3ccc(C=O)c(C(=O)N(C)C4CCC(=O)NC4=O)c3)CC2)CC1. The van der Waals surface area contributed by atoms with E-state index >= 15 is 4.39 Å². The van der Waals surface area contributed by atoms with Gasteiger partial charge in [-0.1, -0.05) is 11.6 Å². The molecule has 16 nitrogen and oxygen atoms in total. The van der Waals surface area contributed by atoms with Gasteiger partial charge in [0.25, 0.3) is 11.8 Å². The fourth-order valence-electron chi connectivity index (χ4n) is 9.25. The zero-order valence-electron chi connectivity index (χ0n) is 35.7. The topological polar surface area (TPSA) is 188 Å². The lowest BCUT2D eigenvalue weighted by Crippen LogP contribution is -2.53. The number of likely N-dealkylation sites (tertiary alicyclic amines) is 1. The van der Waals surface area contributed by atoms with Gasteiger partial charge in [0.1, 0.15) is 30.1 Å². The van der Waals surface area contributed by atoms with Crippen LogP contribution in [-0.4, -0.2) is 125 Å². The molecule has 6 heterocycles. The van der Waals surface area contributed by atoms with Gasteiger partial charge in [-0.15, -0.1) is 0 Å². The number of pyridine rings is 1. The molecule has 4 aromatic rings. The largest absolute Gasteiger partial charge is 0.371 e. The molecule has 64 heavy (non-hydrogen) atoms. The number of aldehydes is 1. The van der Waals surface area contributed by atoms with E-state index in [0.717, 1.165) is 81.0 Å². The van der Waals surface area contributed by atoms with Crippen LogP contribution in [-0.2, 0) is 22.6 Å². The Balaban J connectivity index is 0.808. The first kappa shape index (κ1) is 44.1. The monoisotopic (exact) mass is 889 g/mol. The van der Waals surface area contributed by atoms with Gasteiger partial charge in [-0.25, -0.2) is 15.0 Å². The summed E-state index contributed by atoms with van der Waals surface area (Å²) in [5.41, 5.74) is 4.19. The van der Waals surface area contributed by atoms with Gasteiger partial charge >= 0.3 is 0 Å².